The maximum Gasteiger partial charge on any atom is 0.235 e. The van der Waals surface area contributed by atoms with Crippen molar-refractivity contribution in [3.05, 3.63) is 35.4 Å². The van der Waals surface area contributed by atoms with Crippen LogP contribution in [0.25, 0.3) is 5.76 Å². The number of carbonyl (C=O) groups excluding carboxylic acids is 3. The minimum atomic E-state index is -0.611. The molecule has 3 rings (SSSR count). The second-order valence-corrected chi connectivity index (χ2v) is 5.99. The molecule has 1 aromatic rings. The summed E-state index contributed by atoms with van der Waals surface area (Å²) in [5.74, 6) is -1.08. The highest BCUT2D eigenvalue weighted by atomic mass is 16.5. The molecule has 5 nitrogen and oxygen atoms in total. The molecule has 1 N–H and O–H groups in total. The third-order valence-corrected chi connectivity index (χ3v) is 4.20. The van der Waals surface area contributed by atoms with Gasteiger partial charge in [-0.05, 0) is 31.7 Å². The molecule has 0 bridgehead atoms. The number of hydrogen-bond acceptors (Lipinski definition) is 4. The predicted molar refractivity (Wildman–Crippen MR) is 86.0 cm³/mol. The zero-order valence-electron chi connectivity index (χ0n) is 13.1. The van der Waals surface area contributed by atoms with Crippen molar-refractivity contribution in [3.63, 3.8) is 0 Å². The minimum absolute atomic E-state index is 0.0771. The molecule has 1 aromatic carbocycles. The van der Waals surface area contributed by atoms with E-state index in [0.29, 0.717) is 17.0 Å². The highest BCUT2D eigenvalue weighted by molar-refractivity contribution is 6.51. The summed E-state index contributed by atoms with van der Waals surface area (Å²) >= 11 is 0. The number of fused-ring (bicyclic) bond motifs is 1. The van der Waals surface area contributed by atoms with Gasteiger partial charge in [-0.2, -0.15) is 0 Å². The fourth-order valence-corrected chi connectivity index (χ4v) is 3.14. The molecule has 0 radical (unpaired) electrons. The Bertz CT molecular complexity index is 699. The number of benzene rings is 1. The number of rotatable bonds is 3. The van der Waals surface area contributed by atoms with Gasteiger partial charge in [-0.3, -0.25) is 14.4 Å². The molecule has 1 fully saturated rings. The van der Waals surface area contributed by atoms with E-state index < -0.39 is 11.6 Å². The SMILES string of the molecule is CC(=O)Nc1cccc2c1C(=O)C(=O)C=C2OC1CCCCC1. The van der Waals surface area contributed by atoms with E-state index in [0.717, 1.165) is 25.7 Å². The molecule has 0 aliphatic heterocycles. The summed E-state index contributed by atoms with van der Waals surface area (Å²) in [6.07, 6.45) is 6.71. The zero-order valence-corrected chi connectivity index (χ0v) is 13.1. The van der Waals surface area contributed by atoms with E-state index in [-0.39, 0.29) is 17.6 Å². The molecular formula is C18H19NO4. The van der Waals surface area contributed by atoms with Gasteiger partial charge in [0, 0.05) is 18.6 Å². The number of allylic oxidation sites excluding steroid dienone is 1. The Kier molecular flexibility index (Phi) is 4.28. The van der Waals surface area contributed by atoms with Gasteiger partial charge < -0.3 is 10.1 Å². The van der Waals surface area contributed by atoms with Crippen molar-refractivity contribution in [2.45, 2.75) is 45.1 Å². The molecule has 120 valence electrons. The Morgan fingerprint density at radius 3 is 2.61 bits per heavy atom. The lowest BCUT2D eigenvalue weighted by Crippen LogP contribution is -2.24. The van der Waals surface area contributed by atoms with Crippen LogP contribution in [0.2, 0.25) is 0 Å². The van der Waals surface area contributed by atoms with Crippen molar-refractivity contribution in [1.29, 1.82) is 0 Å². The Hall–Kier alpha value is -2.43. The Balaban J connectivity index is 1.97. The van der Waals surface area contributed by atoms with Crippen LogP contribution in [0.3, 0.4) is 0 Å². The first-order valence-corrected chi connectivity index (χ1v) is 7.94. The lowest BCUT2D eigenvalue weighted by Gasteiger charge is -2.27. The summed E-state index contributed by atoms with van der Waals surface area (Å²) in [5.41, 5.74) is 1.15. The molecule has 5 heteroatoms. The average molecular weight is 313 g/mol. The second-order valence-electron chi connectivity index (χ2n) is 5.99. The summed E-state index contributed by atoms with van der Waals surface area (Å²) in [6, 6.07) is 5.11. The molecule has 0 saturated heterocycles. The van der Waals surface area contributed by atoms with E-state index in [1.807, 2.05) is 0 Å². The standard InChI is InChI=1S/C18H19NO4/c1-11(20)19-14-9-5-8-13-16(10-15(21)18(22)17(13)14)23-12-6-3-2-4-7-12/h5,8-10,12H,2-4,6-7H2,1H3,(H,19,20). The summed E-state index contributed by atoms with van der Waals surface area (Å²) in [4.78, 5) is 35.6. The number of carbonyl (C=O) groups is 3. The van der Waals surface area contributed by atoms with Crippen LogP contribution in [0.5, 0.6) is 0 Å². The largest absolute Gasteiger partial charge is 0.490 e. The van der Waals surface area contributed by atoms with E-state index in [1.54, 1.807) is 18.2 Å². The highest BCUT2D eigenvalue weighted by Crippen LogP contribution is 2.34. The lowest BCUT2D eigenvalue weighted by molar-refractivity contribution is -0.114. The van der Waals surface area contributed by atoms with Gasteiger partial charge in [-0.1, -0.05) is 18.6 Å². The summed E-state index contributed by atoms with van der Waals surface area (Å²) < 4.78 is 6.01. The maximum atomic E-state index is 12.3. The number of ketones is 2. The quantitative estimate of drug-likeness (QED) is 0.870. The first-order chi connectivity index (χ1) is 11.1. The van der Waals surface area contributed by atoms with Crippen LogP contribution in [0.15, 0.2) is 24.3 Å². The molecule has 2 aliphatic rings. The lowest BCUT2D eigenvalue weighted by atomic mass is 9.91. The number of hydrogen-bond donors (Lipinski definition) is 1. The normalized spacial score (nSPS) is 18.2. The molecule has 0 spiro atoms. The van der Waals surface area contributed by atoms with Gasteiger partial charge >= 0.3 is 0 Å². The average Bonchev–Trinajstić information content (AvgIpc) is 2.53. The number of ether oxygens (including phenoxy) is 1. The van der Waals surface area contributed by atoms with E-state index in [9.17, 15) is 14.4 Å². The number of Topliss-reactive ketones (excluding diaryl/α,β-unsaturated/α-hetero) is 1. The summed E-state index contributed by atoms with van der Waals surface area (Å²) in [7, 11) is 0. The van der Waals surface area contributed by atoms with Gasteiger partial charge in [0.25, 0.3) is 0 Å². The third kappa shape index (κ3) is 3.18. The van der Waals surface area contributed by atoms with E-state index >= 15 is 0 Å². The van der Waals surface area contributed by atoms with Gasteiger partial charge in [0.2, 0.25) is 17.5 Å². The van der Waals surface area contributed by atoms with E-state index in [2.05, 4.69) is 5.32 Å². The summed E-state index contributed by atoms with van der Waals surface area (Å²) in [5, 5.41) is 2.61. The molecule has 2 aliphatic carbocycles. The molecular weight excluding hydrogens is 294 g/mol. The van der Waals surface area contributed by atoms with Crippen LogP contribution in [0.4, 0.5) is 5.69 Å². The first-order valence-electron chi connectivity index (χ1n) is 7.94. The Morgan fingerprint density at radius 1 is 1.17 bits per heavy atom. The van der Waals surface area contributed by atoms with Crippen LogP contribution in [-0.4, -0.2) is 23.6 Å². The van der Waals surface area contributed by atoms with Crippen LogP contribution >= 0.6 is 0 Å². The molecule has 0 unspecified atom stereocenters. The first kappa shape index (κ1) is 15.5. The van der Waals surface area contributed by atoms with E-state index in [4.69, 9.17) is 4.74 Å². The van der Waals surface area contributed by atoms with Crippen LogP contribution < -0.4 is 5.32 Å². The van der Waals surface area contributed by atoms with Crippen LogP contribution in [0.1, 0.15) is 54.9 Å². The maximum absolute atomic E-state index is 12.3. The van der Waals surface area contributed by atoms with Gasteiger partial charge in [0.15, 0.2) is 0 Å². The third-order valence-electron chi connectivity index (χ3n) is 4.20. The second kappa shape index (κ2) is 6.36. The molecule has 0 aromatic heterocycles. The molecule has 0 heterocycles. The van der Waals surface area contributed by atoms with Gasteiger partial charge in [-0.25, -0.2) is 0 Å². The topological polar surface area (TPSA) is 72.5 Å². The van der Waals surface area contributed by atoms with Gasteiger partial charge in [0.05, 0.1) is 17.4 Å². The van der Waals surface area contributed by atoms with Gasteiger partial charge in [0.1, 0.15) is 5.76 Å². The fourth-order valence-electron chi connectivity index (χ4n) is 3.14. The van der Waals surface area contributed by atoms with Crippen molar-refractivity contribution in [2.75, 3.05) is 5.32 Å². The van der Waals surface area contributed by atoms with Gasteiger partial charge in [-0.15, -0.1) is 0 Å². The zero-order chi connectivity index (χ0) is 16.4. The molecule has 1 saturated carbocycles. The smallest absolute Gasteiger partial charge is 0.235 e. The Labute approximate surface area is 134 Å². The predicted octanol–water partition coefficient (Wildman–Crippen LogP) is 3.10. The minimum Gasteiger partial charge on any atom is -0.490 e. The van der Waals surface area contributed by atoms with Crippen molar-refractivity contribution >= 4 is 28.9 Å². The fraction of sp³-hybridized carbons (Fsp3) is 0.389. The summed E-state index contributed by atoms with van der Waals surface area (Å²) in [6.45, 7) is 1.36. The van der Waals surface area contributed by atoms with Crippen molar-refractivity contribution in [1.82, 2.24) is 0 Å². The number of nitrogens with one attached hydrogen (secondary N) is 1. The van der Waals surface area contributed by atoms with Crippen LogP contribution in [0, 0.1) is 0 Å². The molecule has 23 heavy (non-hydrogen) atoms. The van der Waals surface area contributed by atoms with Crippen LogP contribution in [-0.2, 0) is 14.3 Å². The van der Waals surface area contributed by atoms with Crippen molar-refractivity contribution < 1.29 is 19.1 Å². The highest BCUT2D eigenvalue weighted by Gasteiger charge is 2.31. The number of amides is 1. The Morgan fingerprint density at radius 2 is 1.91 bits per heavy atom. The van der Waals surface area contributed by atoms with Crippen molar-refractivity contribution in [3.8, 4) is 0 Å². The van der Waals surface area contributed by atoms with Crippen molar-refractivity contribution in [2.24, 2.45) is 0 Å². The molecule has 0 atom stereocenters. The molecule has 1 amide bonds. The number of anilines is 1. The van der Waals surface area contributed by atoms with E-state index in [1.165, 1.54) is 19.4 Å². The monoisotopic (exact) mass is 313 g/mol.